The molecule has 2 heterocycles. The molecule has 0 aliphatic heterocycles. The second-order valence-electron chi connectivity index (χ2n) is 4.33. The molecule has 0 spiro atoms. The van der Waals surface area contributed by atoms with Crippen LogP contribution in [0.1, 0.15) is 0 Å². The van der Waals surface area contributed by atoms with Gasteiger partial charge in [0, 0.05) is 23.4 Å². The Morgan fingerprint density at radius 1 is 1.05 bits per heavy atom. The van der Waals surface area contributed by atoms with E-state index in [1.54, 1.807) is 0 Å². The summed E-state index contributed by atoms with van der Waals surface area (Å²) in [6.07, 6.45) is 0. The van der Waals surface area contributed by atoms with E-state index in [-0.39, 0.29) is 0 Å². The van der Waals surface area contributed by atoms with Crippen molar-refractivity contribution in [3.05, 3.63) is 27.8 Å². The molecular weight excluding hydrogens is 371 g/mol. The van der Waals surface area contributed by atoms with Crippen LogP contribution in [0.25, 0.3) is 11.3 Å². The number of hydrogen-bond acceptors (Lipinski definition) is 7. The number of fused-ring (bicyclic) bond motifs is 1. The molecule has 3 rings (SSSR count). The maximum absolute atomic E-state index is 4.65. The Morgan fingerprint density at radius 3 is 2.35 bits per heavy atom. The highest BCUT2D eigenvalue weighted by Crippen LogP contribution is 2.25. The van der Waals surface area contributed by atoms with Gasteiger partial charge in [0.2, 0.25) is 11.3 Å². The number of rotatable bonds is 3. The van der Waals surface area contributed by atoms with Crippen LogP contribution >= 0.6 is 22.6 Å². The SMILES string of the molecule is CN(C)c1nc2nonc2nc1Nc1ccc(I)cc1. The van der Waals surface area contributed by atoms with Crippen LogP contribution in [-0.4, -0.2) is 34.4 Å². The minimum atomic E-state index is 0.378. The van der Waals surface area contributed by atoms with Gasteiger partial charge >= 0.3 is 0 Å². The van der Waals surface area contributed by atoms with Crippen LogP contribution in [0.2, 0.25) is 0 Å². The van der Waals surface area contributed by atoms with Crippen molar-refractivity contribution in [1.29, 1.82) is 0 Å². The first kappa shape index (κ1) is 13.0. The second-order valence-corrected chi connectivity index (χ2v) is 5.58. The zero-order valence-corrected chi connectivity index (χ0v) is 13.0. The topological polar surface area (TPSA) is 80.0 Å². The highest BCUT2D eigenvalue weighted by Gasteiger charge is 2.14. The van der Waals surface area contributed by atoms with Crippen molar-refractivity contribution in [1.82, 2.24) is 20.3 Å². The van der Waals surface area contributed by atoms with Gasteiger partial charge in [-0.3, -0.25) is 0 Å². The molecule has 0 saturated carbocycles. The zero-order chi connectivity index (χ0) is 14.1. The molecule has 102 valence electrons. The monoisotopic (exact) mass is 382 g/mol. The van der Waals surface area contributed by atoms with E-state index in [0.29, 0.717) is 22.9 Å². The van der Waals surface area contributed by atoms with E-state index in [4.69, 9.17) is 0 Å². The Hall–Kier alpha value is -1.97. The number of hydrogen-bond donors (Lipinski definition) is 1. The molecular formula is C12H11IN6O. The van der Waals surface area contributed by atoms with Crippen molar-refractivity contribution in [2.24, 2.45) is 0 Å². The Labute approximate surface area is 128 Å². The van der Waals surface area contributed by atoms with Gasteiger partial charge in [0.25, 0.3) is 0 Å². The first-order valence-corrected chi connectivity index (χ1v) is 6.91. The molecule has 1 N–H and O–H groups in total. The second kappa shape index (κ2) is 5.19. The van der Waals surface area contributed by atoms with Crippen LogP contribution in [-0.2, 0) is 0 Å². The molecule has 7 nitrogen and oxygen atoms in total. The van der Waals surface area contributed by atoms with Crippen molar-refractivity contribution < 1.29 is 4.63 Å². The third kappa shape index (κ3) is 2.50. The lowest BCUT2D eigenvalue weighted by Gasteiger charge is -2.15. The first-order valence-electron chi connectivity index (χ1n) is 5.84. The summed E-state index contributed by atoms with van der Waals surface area (Å²) in [5, 5.41) is 10.7. The number of nitrogens with one attached hydrogen (secondary N) is 1. The number of anilines is 3. The van der Waals surface area contributed by atoms with E-state index in [0.717, 1.165) is 5.69 Å². The molecule has 0 unspecified atom stereocenters. The molecule has 0 bridgehead atoms. The van der Waals surface area contributed by atoms with Crippen LogP contribution in [0.3, 0.4) is 0 Å². The molecule has 0 fully saturated rings. The van der Waals surface area contributed by atoms with Gasteiger partial charge < -0.3 is 10.2 Å². The Balaban J connectivity index is 2.04. The van der Waals surface area contributed by atoms with Crippen LogP contribution in [0.4, 0.5) is 17.3 Å². The van der Waals surface area contributed by atoms with Crippen LogP contribution in [0, 0.1) is 3.57 Å². The predicted octanol–water partition coefficient (Wildman–Crippen LogP) is 2.43. The van der Waals surface area contributed by atoms with E-state index in [1.165, 1.54) is 3.57 Å². The number of halogens is 1. The molecule has 0 saturated heterocycles. The fourth-order valence-electron chi connectivity index (χ4n) is 1.69. The summed E-state index contributed by atoms with van der Waals surface area (Å²) in [6.45, 7) is 0. The maximum Gasteiger partial charge on any atom is 0.245 e. The summed E-state index contributed by atoms with van der Waals surface area (Å²) in [5.74, 6) is 1.28. The van der Waals surface area contributed by atoms with Gasteiger partial charge in [-0.25, -0.2) is 14.6 Å². The quantitative estimate of drug-likeness (QED) is 0.697. The lowest BCUT2D eigenvalue weighted by Crippen LogP contribution is -2.14. The summed E-state index contributed by atoms with van der Waals surface area (Å²) in [6, 6.07) is 7.99. The minimum Gasteiger partial charge on any atom is -0.360 e. The lowest BCUT2D eigenvalue weighted by atomic mass is 10.3. The third-order valence-corrected chi connectivity index (χ3v) is 3.35. The largest absolute Gasteiger partial charge is 0.360 e. The number of aromatic nitrogens is 4. The summed E-state index contributed by atoms with van der Waals surface area (Å²) in [4.78, 5) is 10.6. The van der Waals surface area contributed by atoms with Crippen molar-refractivity contribution >= 4 is 51.2 Å². The van der Waals surface area contributed by atoms with E-state index < -0.39 is 0 Å². The van der Waals surface area contributed by atoms with E-state index in [2.05, 4.69) is 52.8 Å². The molecule has 0 amide bonds. The molecule has 0 radical (unpaired) electrons. The van der Waals surface area contributed by atoms with Gasteiger partial charge in [0.05, 0.1) is 0 Å². The number of benzene rings is 1. The Kier molecular flexibility index (Phi) is 3.38. The van der Waals surface area contributed by atoms with Gasteiger partial charge in [0.1, 0.15) is 0 Å². The van der Waals surface area contributed by atoms with E-state index >= 15 is 0 Å². The van der Waals surface area contributed by atoms with Crippen molar-refractivity contribution in [2.45, 2.75) is 0 Å². The van der Waals surface area contributed by atoms with Gasteiger partial charge in [-0.1, -0.05) is 0 Å². The number of nitrogens with zero attached hydrogens (tertiary/aromatic N) is 5. The predicted molar refractivity (Wildman–Crippen MR) is 84.2 cm³/mol. The van der Waals surface area contributed by atoms with Gasteiger partial charge in [-0.2, -0.15) is 0 Å². The van der Waals surface area contributed by atoms with Crippen molar-refractivity contribution in [2.75, 3.05) is 24.3 Å². The molecule has 0 atom stereocenters. The van der Waals surface area contributed by atoms with Crippen LogP contribution < -0.4 is 10.2 Å². The Morgan fingerprint density at radius 2 is 1.70 bits per heavy atom. The van der Waals surface area contributed by atoms with Gasteiger partial charge in [-0.05, 0) is 57.2 Å². The summed E-state index contributed by atoms with van der Waals surface area (Å²) in [5.41, 5.74) is 1.70. The molecule has 3 aromatic rings. The molecule has 1 aromatic carbocycles. The van der Waals surface area contributed by atoms with E-state index in [9.17, 15) is 0 Å². The summed E-state index contributed by atoms with van der Waals surface area (Å²) >= 11 is 2.26. The normalized spacial score (nSPS) is 10.8. The average molecular weight is 382 g/mol. The highest BCUT2D eigenvalue weighted by molar-refractivity contribution is 14.1. The van der Waals surface area contributed by atoms with Crippen molar-refractivity contribution in [3.8, 4) is 0 Å². The van der Waals surface area contributed by atoms with Crippen molar-refractivity contribution in [3.63, 3.8) is 0 Å². The highest BCUT2D eigenvalue weighted by atomic mass is 127. The standard InChI is InChI=1S/C12H11IN6O/c1-19(2)12-11(14-8-5-3-7(13)4-6-8)15-9-10(16-12)18-20-17-9/h3-6H,1-2H3,(H,14,15,17). The van der Waals surface area contributed by atoms with E-state index in [1.807, 2.05) is 43.3 Å². The zero-order valence-electron chi connectivity index (χ0n) is 10.8. The average Bonchev–Trinajstić information content (AvgIpc) is 2.87. The summed E-state index contributed by atoms with van der Waals surface area (Å²) < 4.78 is 5.82. The molecule has 8 heteroatoms. The molecule has 20 heavy (non-hydrogen) atoms. The van der Waals surface area contributed by atoms with Crippen LogP contribution in [0.15, 0.2) is 28.9 Å². The molecule has 0 aliphatic carbocycles. The van der Waals surface area contributed by atoms with Crippen LogP contribution in [0.5, 0.6) is 0 Å². The molecule has 0 aliphatic rings. The molecule has 2 aromatic heterocycles. The van der Waals surface area contributed by atoms with Gasteiger partial charge in [-0.15, -0.1) is 0 Å². The minimum absolute atomic E-state index is 0.378. The Bertz CT molecular complexity index is 739. The third-order valence-electron chi connectivity index (χ3n) is 2.63. The van der Waals surface area contributed by atoms with Gasteiger partial charge in [0.15, 0.2) is 11.6 Å². The first-order chi connectivity index (χ1) is 9.63. The summed E-state index contributed by atoms with van der Waals surface area (Å²) in [7, 11) is 3.78. The lowest BCUT2D eigenvalue weighted by molar-refractivity contribution is 0.314. The smallest absolute Gasteiger partial charge is 0.245 e. The maximum atomic E-state index is 4.65. The fraction of sp³-hybridized carbons (Fsp3) is 0.167. The fourth-order valence-corrected chi connectivity index (χ4v) is 2.05.